The Labute approximate surface area is 95.7 Å². The van der Waals surface area contributed by atoms with Crippen LogP contribution in [0, 0.1) is 22.7 Å². The lowest BCUT2D eigenvalue weighted by Gasteiger charge is -2.55. The quantitative estimate of drug-likeness (QED) is 0.639. The first-order valence-corrected chi connectivity index (χ1v) is 5.58. The van der Waals surface area contributed by atoms with Gasteiger partial charge in [-0.15, -0.1) is 0 Å². The zero-order valence-electron chi connectivity index (χ0n) is 10.2. The monoisotopic (exact) mass is 226 g/mol. The third-order valence-corrected chi connectivity index (χ3v) is 4.55. The Kier molecular flexibility index (Phi) is 3.05. The van der Waals surface area contributed by atoms with Crippen molar-refractivity contribution in [2.24, 2.45) is 22.7 Å². The van der Waals surface area contributed by atoms with Gasteiger partial charge in [-0.25, -0.2) is 0 Å². The lowest BCUT2D eigenvalue weighted by atomic mass is 9.53. The molecule has 1 saturated carbocycles. The molecule has 0 aromatic rings. The average Bonchev–Trinajstić information content (AvgIpc) is 2.14. The van der Waals surface area contributed by atoms with Crippen LogP contribution in [0.5, 0.6) is 0 Å². The first kappa shape index (κ1) is 13.0. The minimum absolute atomic E-state index is 0.176. The summed E-state index contributed by atoms with van der Waals surface area (Å²) in [5.41, 5.74) is -2.70. The molecule has 0 spiro atoms. The molecule has 1 aliphatic carbocycles. The molecule has 4 atom stereocenters. The zero-order chi connectivity index (χ0) is 12.7. The van der Waals surface area contributed by atoms with E-state index in [1.807, 2.05) is 13.8 Å². The Bertz CT molecular complexity index is 293. The smallest absolute Gasteiger partial charge is 0.0482 e. The molecule has 0 amide bonds. The minimum atomic E-state index is -1.35. The van der Waals surface area contributed by atoms with Crippen molar-refractivity contribution in [3.8, 4) is 0 Å². The Balaban J connectivity index is 3.22. The zero-order valence-corrected chi connectivity index (χ0v) is 10.2. The van der Waals surface area contributed by atoms with Gasteiger partial charge in [0.15, 0.2) is 0 Å². The van der Waals surface area contributed by atoms with Crippen LogP contribution in [0.2, 0.25) is 0 Å². The molecule has 4 unspecified atom stereocenters. The fourth-order valence-electron chi connectivity index (χ4n) is 2.76. The molecule has 0 bridgehead atoms. The Hall–Kier alpha value is -1.06. The normalized spacial score (nSPS) is 44.0. The number of carboxylic acids is 2. The summed E-state index contributed by atoms with van der Waals surface area (Å²) in [4.78, 5) is 22.5. The van der Waals surface area contributed by atoms with Crippen molar-refractivity contribution in [1.82, 2.24) is 0 Å². The third kappa shape index (κ3) is 1.60. The molecular formula is C12H18O4-2. The van der Waals surface area contributed by atoms with Crippen LogP contribution >= 0.6 is 0 Å². The Morgan fingerprint density at radius 1 is 0.938 bits per heavy atom. The van der Waals surface area contributed by atoms with Crippen molar-refractivity contribution in [3.63, 3.8) is 0 Å². The topological polar surface area (TPSA) is 80.3 Å². The second-order valence-corrected chi connectivity index (χ2v) is 5.60. The Morgan fingerprint density at radius 3 is 1.38 bits per heavy atom. The van der Waals surface area contributed by atoms with Crippen molar-refractivity contribution >= 4 is 11.9 Å². The predicted molar refractivity (Wildman–Crippen MR) is 53.8 cm³/mol. The first-order valence-electron chi connectivity index (χ1n) is 5.58. The van der Waals surface area contributed by atoms with E-state index in [1.165, 1.54) is 13.8 Å². The van der Waals surface area contributed by atoms with Crippen LogP contribution in [0.3, 0.4) is 0 Å². The van der Waals surface area contributed by atoms with Gasteiger partial charge in [-0.2, -0.15) is 0 Å². The van der Waals surface area contributed by atoms with Crippen molar-refractivity contribution in [2.75, 3.05) is 0 Å². The van der Waals surface area contributed by atoms with Crippen molar-refractivity contribution < 1.29 is 19.8 Å². The second kappa shape index (κ2) is 3.75. The molecule has 0 saturated heterocycles. The van der Waals surface area contributed by atoms with Crippen molar-refractivity contribution in [3.05, 3.63) is 0 Å². The van der Waals surface area contributed by atoms with E-state index >= 15 is 0 Å². The molecule has 0 N–H and O–H groups in total. The van der Waals surface area contributed by atoms with Gasteiger partial charge in [0.1, 0.15) is 0 Å². The summed E-state index contributed by atoms with van der Waals surface area (Å²) in [5, 5.41) is 22.5. The van der Waals surface area contributed by atoms with Crippen LogP contribution in [0.25, 0.3) is 0 Å². The van der Waals surface area contributed by atoms with Crippen LogP contribution in [0.4, 0.5) is 0 Å². The molecule has 0 aromatic heterocycles. The lowest BCUT2D eigenvalue weighted by Crippen LogP contribution is -2.61. The van der Waals surface area contributed by atoms with E-state index in [0.29, 0.717) is 12.8 Å². The highest BCUT2D eigenvalue weighted by atomic mass is 16.4. The maximum atomic E-state index is 11.2. The lowest BCUT2D eigenvalue weighted by molar-refractivity contribution is -0.347. The van der Waals surface area contributed by atoms with Gasteiger partial charge in [0, 0.05) is 22.8 Å². The molecular weight excluding hydrogens is 208 g/mol. The standard InChI is InChI=1S/C12H20O4/c1-7-5-11(3,9(13)14)12(4,10(15)16)6-8(7)2/h7-8H,5-6H2,1-4H3,(H,13,14)(H,15,16)/p-2. The average molecular weight is 226 g/mol. The van der Waals surface area contributed by atoms with Crippen LogP contribution in [0.1, 0.15) is 40.5 Å². The van der Waals surface area contributed by atoms with Gasteiger partial charge < -0.3 is 19.8 Å². The highest BCUT2D eigenvalue weighted by Gasteiger charge is 2.52. The SMILES string of the molecule is CC1CC(C)(C(=O)[O-])C(C)(C(=O)[O-])CC1C. The molecule has 92 valence electrons. The highest BCUT2D eigenvalue weighted by molar-refractivity contribution is 5.84. The van der Waals surface area contributed by atoms with E-state index in [1.54, 1.807) is 0 Å². The van der Waals surface area contributed by atoms with E-state index in [2.05, 4.69) is 0 Å². The molecule has 1 rings (SSSR count). The fraction of sp³-hybridized carbons (Fsp3) is 0.833. The number of hydrogen-bond donors (Lipinski definition) is 0. The number of carboxylic acid groups (broad SMARTS) is 2. The summed E-state index contributed by atoms with van der Waals surface area (Å²) in [6.07, 6.45) is 0.641. The Morgan fingerprint density at radius 2 is 1.19 bits per heavy atom. The molecule has 0 aromatic carbocycles. The number of carbonyl (C=O) groups excluding carboxylic acids is 2. The number of hydrogen-bond acceptors (Lipinski definition) is 4. The molecule has 4 nitrogen and oxygen atoms in total. The largest absolute Gasteiger partial charge is 0.550 e. The molecule has 1 fully saturated rings. The van der Waals surface area contributed by atoms with Gasteiger partial charge in [-0.1, -0.05) is 27.7 Å². The number of carbonyl (C=O) groups is 2. The van der Waals surface area contributed by atoms with Crippen LogP contribution in [-0.2, 0) is 9.59 Å². The van der Waals surface area contributed by atoms with E-state index < -0.39 is 22.8 Å². The molecule has 0 heterocycles. The maximum absolute atomic E-state index is 11.2. The van der Waals surface area contributed by atoms with Gasteiger partial charge >= 0.3 is 0 Å². The molecule has 0 radical (unpaired) electrons. The van der Waals surface area contributed by atoms with Gasteiger partial charge in [-0.3, -0.25) is 0 Å². The van der Waals surface area contributed by atoms with Crippen LogP contribution in [0.15, 0.2) is 0 Å². The summed E-state index contributed by atoms with van der Waals surface area (Å²) in [5.74, 6) is -2.23. The van der Waals surface area contributed by atoms with E-state index in [4.69, 9.17) is 0 Å². The minimum Gasteiger partial charge on any atom is -0.550 e. The number of rotatable bonds is 2. The summed E-state index contributed by atoms with van der Waals surface area (Å²) in [6, 6.07) is 0. The van der Waals surface area contributed by atoms with Gasteiger partial charge in [0.25, 0.3) is 0 Å². The highest BCUT2D eigenvalue weighted by Crippen LogP contribution is 2.53. The maximum Gasteiger partial charge on any atom is 0.0482 e. The molecule has 0 aliphatic heterocycles. The third-order valence-electron chi connectivity index (χ3n) is 4.55. The van der Waals surface area contributed by atoms with E-state index in [-0.39, 0.29) is 11.8 Å². The first-order chi connectivity index (χ1) is 7.15. The predicted octanol–water partition coefficient (Wildman–Crippen LogP) is -0.435. The summed E-state index contributed by atoms with van der Waals surface area (Å²) >= 11 is 0. The molecule has 1 aliphatic rings. The van der Waals surface area contributed by atoms with Gasteiger partial charge in [-0.05, 0) is 24.7 Å². The van der Waals surface area contributed by atoms with E-state index in [9.17, 15) is 19.8 Å². The van der Waals surface area contributed by atoms with Crippen LogP contribution in [-0.4, -0.2) is 11.9 Å². The van der Waals surface area contributed by atoms with Crippen molar-refractivity contribution in [1.29, 1.82) is 0 Å². The number of aliphatic carboxylic acids is 2. The summed E-state index contributed by atoms with van der Waals surface area (Å²) in [6.45, 7) is 6.81. The fourth-order valence-corrected chi connectivity index (χ4v) is 2.76. The molecule has 16 heavy (non-hydrogen) atoms. The van der Waals surface area contributed by atoms with Crippen LogP contribution < -0.4 is 10.2 Å². The van der Waals surface area contributed by atoms with Gasteiger partial charge in [0.2, 0.25) is 0 Å². The second-order valence-electron chi connectivity index (χ2n) is 5.60. The summed E-state index contributed by atoms with van der Waals surface area (Å²) < 4.78 is 0. The summed E-state index contributed by atoms with van der Waals surface area (Å²) in [7, 11) is 0. The molecule has 4 heteroatoms. The van der Waals surface area contributed by atoms with E-state index in [0.717, 1.165) is 0 Å². The van der Waals surface area contributed by atoms with Crippen molar-refractivity contribution in [2.45, 2.75) is 40.5 Å². The van der Waals surface area contributed by atoms with Gasteiger partial charge in [0.05, 0.1) is 0 Å².